The monoisotopic (exact) mass is 292 g/mol. The van der Waals surface area contributed by atoms with Crippen molar-refractivity contribution in [1.82, 2.24) is 30.4 Å². The quantitative estimate of drug-likeness (QED) is 0.911. The molecule has 3 rings (SSSR count). The number of nitrogens with zero attached hydrogens (tertiary/aromatic N) is 5. The van der Waals surface area contributed by atoms with Crippen LogP contribution in [0, 0.1) is 0 Å². The summed E-state index contributed by atoms with van der Waals surface area (Å²) in [4.78, 5) is 4.16. The number of nitrogens with one attached hydrogen (secondary N) is 1. The van der Waals surface area contributed by atoms with Gasteiger partial charge in [0.05, 0.1) is 13.6 Å². The van der Waals surface area contributed by atoms with E-state index in [0.29, 0.717) is 11.6 Å². The molecule has 0 amide bonds. The molecule has 1 aromatic heterocycles. The summed E-state index contributed by atoms with van der Waals surface area (Å²) in [5.74, 6) is 0.853. The Morgan fingerprint density at radius 2 is 2.10 bits per heavy atom. The minimum atomic E-state index is 0.338. The number of tetrazole rings is 1. The molecule has 0 radical (unpaired) electrons. The molecule has 21 heavy (non-hydrogen) atoms. The maximum atomic E-state index is 4.37. The molecule has 2 heterocycles. The van der Waals surface area contributed by atoms with Gasteiger partial charge in [-0.3, -0.25) is 4.90 Å². The molecule has 0 aromatic carbocycles. The zero-order chi connectivity index (χ0) is 14.7. The zero-order valence-corrected chi connectivity index (χ0v) is 13.4. The Kier molecular flexibility index (Phi) is 4.54. The Labute approximate surface area is 127 Å². The Balaban J connectivity index is 1.71. The molecule has 2 fully saturated rings. The van der Waals surface area contributed by atoms with Crippen LogP contribution < -0.4 is 5.32 Å². The van der Waals surface area contributed by atoms with E-state index in [1.165, 1.54) is 44.9 Å². The molecule has 1 N–H and O–H groups in total. The van der Waals surface area contributed by atoms with Crippen molar-refractivity contribution in [3.8, 4) is 0 Å². The molecule has 6 nitrogen and oxygen atoms in total. The highest BCUT2D eigenvalue weighted by Gasteiger charge is 2.39. The lowest BCUT2D eigenvalue weighted by atomic mass is 9.79. The number of aryl methyl sites for hydroxylation is 1. The van der Waals surface area contributed by atoms with Gasteiger partial charge in [-0.2, -0.15) is 4.80 Å². The lowest BCUT2D eigenvalue weighted by Crippen LogP contribution is -2.64. The van der Waals surface area contributed by atoms with Gasteiger partial charge < -0.3 is 5.32 Å². The predicted octanol–water partition coefficient (Wildman–Crippen LogP) is 1.49. The van der Waals surface area contributed by atoms with Gasteiger partial charge in [0, 0.05) is 24.7 Å². The number of piperazine rings is 1. The maximum Gasteiger partial charge on any atom is 0.188 e. The molecule has 1 aliphatic heterocycles. The van der Waals surface area contributed by atoms with E-state index in [1.54, 1.807) is 4.80 Å². The number of hydrogen-bond acceptors (Lipinski definition) is 5. The fraction of sp³-hybridized carbons (Fsp3) is 0.933. The SMILES string of the molecule is CCCC1CNC2(CCCCC2)CN1Cc1nnn(C)n1. The lowest BCUT2D eigenvalue weighted by molar-refractivity contribution is 0.0443. The summed E-state index contributed by atoms with van der Waals surface area (Å²) < 4.78 is 0. The highest BCUT2D eigenvalue weighted by Crippen LogP contribution is 2.32. The Bertz CT molecular complexity index is 451. The van der Waals surface area contributed by atoms with E-state index < -0.39 is 0 Å². The lowest BCUT2D eigenvalue weighted by Gasteiger charge is -2.49. The Morgan fingerprint density at radius 1 is 1.29 bits per heavy atom. The molecule has 1 spiro atoms. The van der Waals surface area contributed by atoms with Gasteiger partial charge in [-0.25, -0.2) is 0 Å². The van der Waals surface area contributed by atoms with Crippen LogP contribution in [0.25, 0.3) is 0 Å². The normalized spacial score (nSPS) is 26.3. The van der Waals surface area contributed by atoms with Gasteiger partial charge in [0.25, 0.3) is 0 Å². The van der Waals surface area contributed by atoms with Crippen molar-refractivity contribution in [1.29, 1.82) is 0 Å². The van der Waals surface area contributed by atoms with Crippen LogP contribution in [0.5, 0.6) is 0 Å². The highest BCUT2D eigenvalue weighted by molar-refractivity contribution is 5.00. The van der Waals surface area contributed by atoms with Gasteiger partial charge in [-0.15, -0.1) is 10.2 Å². The van der Waals surface area contributed by atoms with Gasteiger partial charge in [0.2, 0.25) is 0 Å². The molecule has 118 valence electrons. The first-order chi connectivity index (χ1) is 10.2. The fourth-order valence-electron chi connectivity index (χ4n) is 3.97. The number of rotatable bonds is 4. The van der Waals surface area contributed by atoms with Gasteiger partial charge in [0.1, 0.15) is 0 Å². The average molecular weight is 292 g/mol. The molecule has 6 heteroatoms. The smallest absolute Gasteiger partial charge is 0.188 e. The average Bonchev–Trinajstić information content (AvgIpc) is 2.88. The first kappa shape index (κ1) is 14.9. The van der Waals surface area contributed by atoms with Crippen molar-refractivity contribution in [2.75, 3.05) is 13.1 Å². The molecule has 2 aliphatic rings. The van der Waals surface area contributed by atoms with Gasteiger partial charge in [-0.1, -0.05) is 32.6 Å². The van der Waals surface area contributed by atoms with Crippen LogP contribution in [0.2, 0.25) is 0 Å². The standard InChI is InChI=1S/C15H28N6/c1-3-7-13-10-16-15(8-5-4-6-9-15)12-21(13)11-14-17-19-20(2)18-14/h13,16H,3-12H2,1-2H3. The van der Waals surface area contributed by atoms with Gasteiger partial charge in [0.15, 0.2) is 5.82 Å². The summed E-state index contributed by atoms with van der Waals surface area (Å²) in [5.41, 5.74) is 0.338. The molecular weight excluding hydrogens is 264 g/mol. The van der Waals surface area contributed by atoms with Crippen molar-refractivity contribution in [2.45, 2.75) is 70.0 Å². The van der Waals surface area contributed by atoms with Gasteiger partial charge >= 0.3 is 0 Å². The van der Waals surface area contributed by atoms with Crippen LogP contribution >= 0.6 is 0 Å². The summed E-state index contributed by atoms with van der Waals surface area (Å²) in [6, 6.07) is 0.603. The summed E-state index contributed by atoms with van der Waals surface area (Å²) in [7, 11) is 1.83. The minimum Gasteiger partial charge on any atom is -0.308 e. The molecule has 1 atom stereocenters. The molecule has 1 aromatic rings. The third-order valence-corrected chi connectivity index (χ3v) is 5.06. The summed E-state index contributed by atoms with van der Waals surface area (Å²) in [6.07, 6.45) is 9.22. The van der Waals surface area contributed by atoms with Crippen LogP contribution in [0.3, 0.4) is 0 Å². The maximum absolute atomic E-state index is 4.37. The molecule has 0 bridgehead atoms. The summed E-state index contributed by atoms with van der Waals surface area (Å²) in [5, 5.41) is 16.4. The van der Waals surface area contributed by atoms with Crippen molar-refractivity contribution < 1.29 is 0 Å². The van der Waals surface area contributed by atoms with Gasteiger partial charge in [-0.05, 0) is 24.5 Å². The zero-order valence-electron chi connectivity index (χ0n) is 13.4. The van der Waals surface area contributed by atoms with E-state index in [4.69, 9.17) is 0 Å². The minimum absolute atomic E-state index is 0.338. The van der Waals surface area contributed by atoms with E-state index in [-0.39, 0.29) is 0 Å². The third kappa shape index (κ3) is 3.43. The molecular formula is C15H28N6. The van der Waals surface area contributed by atoms with Crippen LogP contribution in [-0.2, 0) is 13.6 Å². The van der Waals surface area contributed by atoms with Crippen molar-refractivity contribution >= 4 is 0 Å². The van der Waals surface area contributed by atoms with E-state index in [0.717, 1.165) is 25.5 Å². The largest absolute Gasteiger partial charge is 0.308 e. The van der Waals surface area contributed by atoms with E-state index >= 15 is 0 Å². The predicted molar refractivity (Wildman–Crippen MR) is 81.7 cm³/mol. The number of hydrogen-bond donors (Lipinski definition) is 1. The van der Waals surface area contributed by atoms with E-state index in [1.807, 2.05) is 7.05 Å². The van der Waals surface area contributed by atoms with Crippen LogP contribution in [0.4, 0.5) is 0 Å². The van der Waals surface area contributed by atoms with Crippen molar-refractivity contribution in [2.24, 2.45) is 7.05 Å². The first-order valence-electron chi connectivity index (χ1n) is 8.43. The molecule has 1 aliphatic carbocycles. The Hall–Kier alpha value is -1.01. The van der Waals surface area contributed by atoms with Crippen LogP contribution in [0.15, 0.2) is 0 Å². The van der Waals surface area contributed by atoms with E-state index in [9.17, 15) is 0 Å². The highest BCUT2D eigenvalue weighted by atomic mass is 15.6. The second kappa shape index (κ2) is 6.40. The molecule has 1 saturated carbocycles. The van der Waals surface area contributed by atoms with Crippen molar-refractivity contribution in [3.05, 3.63) is 5.82 Å². The fourth-order valence-corrected chi connectivity index (χ4v) is 3.97. The molecule has 1 unspecified atom stereocenters. The first-order valence-corrected chi connectivity index (χ1v) is 8.43. The second-order valence-electron chi connectivity index (χ2n) is 6.76. The Morgan fingerprint density at radius 3 is 2.76 bits per heavy atom. The van der Waals surface area contributed by atoms with Crippen molar-refractivity contribution in [3.63, 3.8) is 0 Å². The van der Waals surface area contributed by atoms with Crippen LogP contribution in [-0.4, -0.2) is 49.8 Å². The second-order valence-corrected chi connectivity index (χ2v) is 6.76. The van der Waals surface area contributed by atoms with E-state index in [2.05, 4.69) is 32.6 Å². The summed E-state index contributed by atoms with van der Waals surface area (Å²) >= 11 is 0. The van der Waals surface area contributed by atoms with Crippen LogP contribution in [0.1, 0.15) is 57.7 Å². The topological polar surface area (TPSA) is 58.9 Å². The third-order valence-electron chi connectivity index (χ3n) is 5.06. The number of aromatic nitrogens is 4. The molecule has 1 saturated heterocycles. The summed E-state index contributed by atoms with van der Waals surface area (Å²) in [6.45, 7) is 5.34.